The second-order valence-electron chi connectivity index (χ2n) is 3.80. The Balaban J connectivity index is 3.05. The van der Waals surface area contributed by atoms with Crippen molar-refractivity contribution >= 4 is 0 Å². The molecule has 2 nitrogen and oxygen atoms in total. The third-order valence-electron chi connectivity index (χ3n) is 2.81. The van der Waals surface area contributed by atoms with Gasteiger partial charge < -0.3 is 10.5 Å². The molecule has 0 radical (unpaired) electrons. The first-order valence-corrected chi connectivity index (χ1v) is 5.19. The Kier molecular flexibility index (Phi) is 4.09. The highest BCUT2D eigenvalue weighted by atomic mass is 19.1. The Morgan fingerprint density at radius 2 is 2.13 bits per heavy atom. The maximum atomic E-state index is 13.1. The first kappa shape index (κ1) is 12.0. The van der Waals surface area contributed by atoms with Crippen LogP contribution in [0, 0.1) is 11.7 Å². The molecule has 0 aliphatic carbocycles. The number of hydrogen-bond donors (Lipinski definition) is 1. The minimum absolute atomic E-state index is 0.180. The van der Waals surface area contributed by atoms with Crippen LogP contribution in [0.4, 0.5) is 4.39 Å². The maximum Gasteiger partial charge on any atom is 0.123 e. The predicted molar refractivity (Wildman–Crippen MR) is 59.3 cm³/mol. The average molecular weight is 211 g/mol. The summed E-state index contributed by atoms with van der Waals surface area (Å²) < 4.78 is 18.3. The van der Waals surface area contributed by atoms with E-state index >= 15 is 0 Å². The van der Waals surface area contributed by atoms with E-state index in [1.54, 1.807) is 13.2 Å². The molecule has 84 valence electrons. The van der Waals surface area contributed by atoms with Crippen molar-refractivity contribution < 1.29 is 9.13 Å². The molecule has 15 heavy (non-hydrogen) atoms. The van der Waals surface area contributed by atoms with Crippen molar-refractivity contribution in [1.29, 1.82) is 0 Å². The van der Waals surface area contributed by atoms with Crippen LogP contribution in [-0.4, -0.2) is 7.11 Å². The van der Waals surface area contributed by atoms with Gasteiger partial charge in [0.1, 0.15) is 11.6 Å². The van der Waals surface area contributed by atoms with E-state index in [0.29, 0.717) is 11.7 Å². The molecule has 0 aromatic heterocycles. The SMILES string of the molecule is CCC(C)[C@H](N)c1cc(F)ccc1OC. The molecule has 2 N–H and O–H groups in total. The number of benzene rings is 1. The summed E-state index contributed by atoms with van der Waals surface area (Å²) in [6.45, 7) is 4.12. The fourth-order valence-electron chi connectivity index (χ4n) is 1.53. The molecule has 0 saturated carbocycles. The summed E-state index contributed by atoms with van der Waals surface area (Å²) in [5.41, 5.74) is 6.79. The minimum atomic E-state index is -0.274. The van der Waals surface area contributed by atoms with Crippen molar-refractivity contribution in [3.8, 4) is 5.75 Å². The van der Waals surface area contributed by atoms with Crippen LogP contribution in [-0.2, 0) is 0 Å². The van der Waals surface area contributed by atoms with Gasteiger partial charge in [-0.15, -0.1) is 0 Å². The molecule has 1 unspecified atom stereocenters. The van der Waals surface area contributed by atoms with Crippen LogP contribution in [0.5, 0.6) is 5.75 Å². The zero-order valence-electron chi connectivity index (χ0n) is 9.46. The summed E-state index contributed by atoms with van der Waals surface area (Å²) in [4.78, 5) is 0. The molecule has 0 aliphatic heterocycles. The van der Waals surface area contributed by atoms with Crippen molar-refractivity contribution in [2.45, 2.75) is 26.3 Å². The van der Waals surface area contributed by atoms with Gasteiger partial charge in [-0.2, -0.15) is 0 Å². The van der Waals surface area contributed by atoms with E-state index in [4.69, 9.17) is 10.5 Å². The maximum absolute atomic E-state index is 13.1. The number of nitrogens with two attached hydrogens (primary N) is 1. The highest BCUT2D eigenvalue weighted by molar-refractivity contribution is 5.36. The molecule has 0 fully saturated rings. The third kappa shape index (κ3) is 2.69. The lowest BCUT2D eigenvalue weighted by Gasteiger charge is -2.20. The van der Waals surface area contributed by atoms with Gasteiger partial charge in [-0.1, -0.05) is 20.3 Å². The monoisotopic (exact) mass is 211 g/mol. The molecule has 3 heteroatoms. The first-order valence-electron chi connectivity index (χ1n) is 5.19. The molecule has 0 spiro atoms. The Hall–Kier alpha value is -1.09. The number of methoxy groups -OCH3 is 1. The van der Waals surface area contributed by atoms with Crippen molar-refractivity contribution in [1.82, 2.24) is 0 Å². The summed E-state index contributed by atoms with van der Waals surface area (Å²) in [5.74, 6) is 0.689. The van der Waals surface area contributed by atoms with Crippen LogP contribution in [0.15, 0.2) is 18.2 Å². The van der Waals surface area contributed by atoms with Gasteiger partial charge in [0, 0.05) is 11.6 Å². The number of rotatable bonds is 4. The van der Waals surface area contributed by atoms with Crippen LogP contribution in [0.25, 0.3) is 0 Å². The smallest absolute Gasteiger partial charge is 0.123 e. The van der Waals surface area contributed by atoms with E-state index < -0.39 is 0 Å². The highest BCUT2D eigenvalue weighted by Gasteiger charge is 2.17. The molecule has 0 aliphatic rings. The van der Waals surface area contributed by atoms with Crippen LogP contribution in [0.2, 0.25) is 0 Å². The zero-order valence-corrected chi connectivity index (χ0v) is 9.46. The summed E-state index contributed by atoms with van der Waals surface area (Å²) >= 11 is 0. The molecule has 0 amide bonds. The van der Waals surface area contributed by atoms with Gasteiger partial charge in [0.2, 0.25) is 0 Å². The summed E-state index contributed by atoms with van der Waals surface area (Å²) in [7, 11) is 1.57. The summed E-state index contributed by atoms with van der Waals surface area (Å²) in [5, 5.41) is 0. The highest BCUT2D eigenvalue weighted by Crippen LogP contribution is 2.30. The largest absolute Gasteiger partial charge is 0.496 e. The lowest BCUT2D eigenvalue weighted by molar-refractivity contribution is 0.386. The van der Waals surface area contributed by atoms with Crippen LogP contribution >= 0.6 is 0 Å². The fraction of sp³-hybridized carbons (Fsp3) is 0.500. The van der Waals surface area contributed by atoms with Gasteiger partial charge in [-0.25, -0.2) is 4.39 Å². The van der Waals surface area contributed by atoms with Crippen LogP contribution < -0.4 is 10.5 Å². The normalized spacial score (nSPS) is 14.7. The fourth-order valence-corrected chi connectivity index (χ4v) is 1.53. The third-order valence-corrected chi connectivity index (χ3v) is 2.81. The van der Waals surface area contributed by atoms with Crippen molar-refractivity contribution in [3.05, 3.63) is 29.6 Å². The Morgan fingerprint density at radius 3 is 2.67 bits per heavy atom. The van der Waals surface area contributed by atoms with E-state index in [-0.39, 0.29) is 11.9 Å². The van der Waals surface area contributed by atoms with Crippen LogP contribution in [0.1, 0.15) is 31.9 Å². The molecule has 1 aromatic rings. The zero-order chi connectivity index (χ0) is 11.4. The molecule has 1 aromatic carbocycles. The van der Waals surface area contributed by atoms with Crippen molar-refractivity contribution in [2.75, 3.05) is 7.11 Å². The second kappa shape index (κ2) is 5.12. The molecule has 1 rings (SSSR count). The average Bonchev–Trinajstić information content (AvgIpc) is 2.27. The van der Waals surface area contributed by atoms with E-state index in [1.165, 1.54) is 12.1 Å². The van der Waals surface area contributed by atoms with Gasteiger partial charge in [0.05, 0.1) is 7.11 Å². The van der Waals surface area contributed by atoms with E-state index in [9.17, 15) is 4.39 Å². The van der Waals surface area contributed by atoms with Gasteiger partial charge >= 0.3 is 0 Å². The molecular formula is C12H18FNO. The molecule has 0 heterocycles. The molecular weight excluding hydrogens is 193 g/mol. The number of halogens is 1. The standard InChI is InChI=1S/C12H18FNO/c1-4-8(2)12(14)10-7-9(13)5-6-11(10)15-3/h5-8,12H,4,14H2,1-3H3/t8?,12-/m0/s1. The van der Waals surface area contributed by atoms with E-state index in [1.807, 2.05) is 0 Å². The Bertz CT molecular complexity index is 327. The van der Waals surface area contributed by atoms with Gasteiger partial charge in [-0.05, 0) is 24.1 Å². The molecule has 0 bridgehead atoms. The number of hydrogen-bond acceptors (Lipinski definition) is 2. The van der Waals surface area contributed by atoms with Crippen LogP contribution in [0.3, 0.4) is 0 Å². The predicted octanol–water partition coefficient (Wildman–Crippen LogP) is 2.88. The molecule has 2 atom stereocenters. The Morgan fingerprint density at radius 1 is 1.47 bits per heavy atom. The summed E-state index contributed by atoms with van der Waals surface area (Å²) in [6.07, 6.45) is 0.959. The lowest BCUT2D eigenvalue weighted by Crippen LogP contribution is -2.19. The number of ether oxygens (including phenoxy) is 1. The topological polar surface area (TPSA) is 35.2 Å². The quantitative estimate of drug-likeness (QED) is 0.831. The molecule has 0 saturated heterocycles. The van der Waals surface area contributed by atoms with E-state index in [2.05, 4.69) is 13.8 Å². The van der Waals surface area contributed by atoms with Gasteiger partial charge in [0.25, 0.3) is 0 Å². The minimum Gasteiger partial charge on any atom is -0.496 e. The lowest BCUT2D eigenvalue weighted by atomic mass is 9.93. The van der Waals surface area contributed by atoms with Crippen molar-refractivity contribution in [2.24, 2.45) is 11.7 Å². The first-order chi connectivity index (χ1) is 7.10. The second-order valence-corrected chi connectivity index (χ2v) is 3.80. The van der Waals surface area contributed by atoms with Gasteiger partial charge in [0.15, 0.2) is 0 Å². The summed E-state index contributed by atoms with van der Waals surface area (Å²) in [6, 6.07) is 4.27. The Labute approximate surface area is 90.2 Å². The van der Waals surface area contributed by atoms with Crippen molar-refractivity contribution in [3.63, 3.8) is 0 Å². The van der Waals surface area contributed by atoms with Gasteiger partial charge in [-0.3, -0.25) is 0 Å². The van der Waals surface area contributed by atoms with E-state index in [0.717, 1.165) is 12.0 Å².